The highest BCUT2D eigenvalue weighted by Crippen LogP contribution is 2.14. The zero-order chi connectivity index (χ0) is 13.0. The average molecular weight is 241 g/mol. The van der Waals surface area contributed by atoms with Crippen LogP contribution < -0.4 is 10.6 Å². The minimum atomic E-state index is -0.153. The molecule has 2 aromatic rings. The number of carbonyl (C=O) groups excluding carboxylic acids is 1. The molecule has 0 aliphatic carbocycles. The fourth-order valence-corrected chi connectivity index (χ4v) is 1.58. The van der Waals surface area contributed by atoms with E-state index in [2.05, 4.69) is 15.6 Å². The fourth-order valence-electron chi connectivity index (χ4n) is 1.58. The van der Waals surface area contributed by atoms with Gasteiger partial charge in [0.15, 0.2) is 0 Å². The lowest BCUT2D eigenvalue weighted by atomic mass is 10.2. The molecule has 92 valence electrons. The highest BCUT2D eigenvalue weighted by molar-refractivity contribution is 6.04. The third-order valence-corrected chi connectivity index (χ3v) is 2.68. The molecule has 4 heteroatoms. The summed E-state index contributed by atoms with van der Waals surface area (Å²) in [5.41, 5.74) is 2.39. The summed E-state index contributed by atoms with van der Waals surface area (Å²) in [5.74, 6) is 0.585. The van der Waals surface area contributed by atoms with Crippen molar-refractivity contribution in [2.24, 2.45) is 0 Å². The van der Waals surface area contributed by atoms with Crippen molar-refractivity contribution in [3.63, 3.8) is 0 Å². The number of carbonyl (C=O) groups is 1. The predicted octanol–water partition coefficient (Wildman–Crippen LogP) is 2.68. The Kier molecular flexibility index (Phi) is 3.57. The van der Waals surface area contributed by atoms with Gasteiger partial charge in [0.2, 0.25) is 0 Å². The van der Waals surface area contributed by atoms with Gasteiger partial charge in [-0.2, -0.15) is 0 Å². The number of hydrogen-bond acceptors (Lipinski definition) is 3. The molecule has 0 saturated heterocycles. The molecule has 0 saturated carbocycles. The van der Waals surface area contributed by atoms with Gasteiger partial charge in [-0.05, 0) is 30.7 Å². The molecule has 1 heterocycles. The van der Waals surface area contributed by atoms with Crippen LogP contribution in [0, 0.1) is 6.92 Å². The number of nitrogens with one attached hydrogen (secondary N) is 2. The summed E-state index contributed by atoms with van der Waals surface area (Å²) in [4.78, 5) is 16.1. The number of nitrogens with zero attached hydrogens (tertiary/aromatic N) is 1. The zero-order valence-electron chi connectivity index (χ0n) is 10.4. The van der Waals surface area contributed by atoms with Gasteiger partial charge in [0.1, 0.15) is 5.82 Å². The highest BCUT2D eigenvalue weighted by Gasteiger charge is 2.07. The number of benzene rings is 1. The maximum atomic E-state index is 12.0. The largest absolute Gasteiger partial charge is 0.373 e. The number of aryl methyl sites for hydroxylation is 1. The van der Waals surface area contributed by atoms with Crippen molar-refractivity contribution in [1.82, 2.24) is 4.98 Å². The maximum absolute atomic E-state index is 12.0. The molecule has 2 rings (SSSR count). The van der Waals surface area contributed by atoms with Gasteiger partial charge in [-0.1, -0.05) is 18.2 Å². The van der Waals surface area contributed by atoms with Gasteiger partial charge >= 0.3 is 0 Å². The summed E-state index contributed by atoms with van der Waals surface area (Å²) in [7, 11) is 1.79. The van der Waals surface area contributed by atoms with Crippen molar-refractivity contribution in [2.45, 2.75) is 6.92 Å². The first kappa shape index (κ1) is 12.1. The predicted molar refractivity (Wildman–Crippen MR) is 72.9 cm³/mol. The molecule has 18 heavy (non-hydrogen) atoms. The molecular weight excluding hydrogens is 226 g/mol. The minimum absolute atomic E-state index is 0.153. The number of hydrogen-bond donors (Lipinski definition) is 2. The van der Waals surface area contributed by atoms with Crippen LogP contribution in [0.25, 0.3) is 0 Å². The van der Waals surface area contributed by atoms with Crippen LogP contribution in [0.3, 0.4) is 0 Å². The Labute approximate surface area is 106 Å². The molecule has 2 N–H and O–H groups in total. The van der Waals surface area contributed by atoms with Crippen LogP contribution in [-0.4, -0.2) is 17.9 Å². The van der Waals surface area contributed by atoms with Crippen molar-refractivity contribution in [2.75, 3.05) is 17.7 Å². The topological polar surface area (TPSA) is 54.0 Å². The summed E-state index contributed by atoms with van der Waals surface area (Å²) in [5, 5.41) is 5.77. The Balaban J connectivity index is 2.14. The number of rotatable bonds is 3. The summed E-state index contributed by atoms with van der Waals surface area (Å²) < 4.78 is 0. The van der Waals surface area contributed by atoms with E-state index in [-0.39, 0.29) is 5.91 Å². The van der Waals surface area contributed by atoms with Crippen LogP contribution in [0.1, 0.15) is 15.9 Å². The van der Waals surface area contributed by atoms with Crippen molar-refractivity contribution >= 4 is 17.4 Å². The Bertz CT molecular complexity index is 549. The van der Waals surface area contributed by atoms with E-state index in [0.717, 1.165) is 17.1 Å². The van der Waals surface area contributed by atoms with E-state index in [1.54, 1.807) is 25.4 Å². The van der Waals surface area contributed by atoms with E-state index in [0.29, 0.717) is 5.56 Å². The van der Waals surface area contributed by atoms with E-state index in [1.165, 1.54) is 0 Å². The Morgan fingerprint density at radius 1 is 1.17 bits per heavy atom. The summed E-state index contributed by atoms with van der Waals surface area (Å²) in [6.45, 7) is 1.96. The number of amides is 1. The van der Waals surface area contributed by atoms with E-state index in [1.807, 2.05) is 31.2 Å². The molecule has 0 fully saturated rings. The van der Waals surface area contributed by atoms with Crippen LogP contribution >= 0.6 is 0 Å². The van der Waals surface area contributed by atoms with Crippen LogP contribution in [0.2, 0.25) is 0 Å². The molecule has 1 aromatic carbocycles. The number of anilines is 2. The molecule has 0 aliphatic heterocycles. The van der Waals surface area contributed by atoms with Gasteiger partial charge in [0.05, 0.1) is 5.56 Å². The lowest BCUT2D eigenvalue weighted by Crippen LogP contribution is -2.13. The Morgan fingerprint density at radius 2 is 1.94 bits per heavy atom. The van der Waals surface area contributed by atoms with E-state index >= 15 is 0 Å². The van der Waals surface area contributed by atoms with E-state index in [9.17, 15) is 4.79 Å². The number of pyridine rings is 1. The van der Waals surface area contributed by atoms with Crippen LogP contribution in [0.4, 0.5) is 11.5 Å². The average Bonchev–Trinajstić information content (AvgIpc) is 2.41. The molecule has 0 radical (unpaired) electrons. The normalized spacial score (nSPS) is 9.89. The molecular formula is C14H15N3O. The van der Waals surface area contributed by atoms with E-state index < -0.39 is 0 Å². The molecule has 0 bridgehead atoms. The van der Waals surface area contributed by atoms with Gasteiger partial charge < -0.3 is 10.6 Å². The Morgan fingerprint density at radius 3 is 2.56 bits per heavy atom. The lowest BCUT2D eigenvalue weighted by Gasteiger charge is -2.08. The zero-order valence-corrected chi connectivity index (χ0v) is 10.4. The fraction of sp³-hybridized carbons (Fsp3) is 0.143. The summed E-state index contributed by atoms with van der Waals surface area (Å²) in [6, 6.07) is 11.2. The molecule has 0 unspecified atom stereocenters. The lowest BCUT2D eigenvalue weighted by molar-refractivity contribution is 0.102. The Hall–Kier alpha value is -2.36. The van der Waals surface area contributed by atoms with E-state index in [4.69, 9.17) is 0 Å². The highest BCUT2D eigenvalue weighted by atomic mass is 16.1. The number of aromatic nitrogens is 1. The van der Waals surface area contributed by atoms with Crippen molar-refractivity contribution in [3.05, 3.63) is 53.7 Å². The third kappa shape index (κ3) is 2.66. The van der Waals surface area contributed by atoms with Crippen molar-refractivity contribution < 1.29 is 4.79 Å². The second-order valence-electron chi connectivity index (χ2n) is 3.95. The molecule has 4 nitrogen and oxygen atoms in total. The quantitative estimate of drug-likeness (QED) is 0.868. The first-order valence-electron chi connectivity index (χ1n) is 5.71. The molecule has 0 spiro atoms. The SMILES string of the molecule is CNc1ccc(C(=O)Nc2ccccc2C)cn1. The molecule has 0 aliphatic rings. The van der Waals surface area contributed by atoms with Gasteiger partial charge in [0.25, 0.3) is 5.91 Å². The molecule has 0 atom stereocenters. The molecule has 1 aromatic heterocycles. The van der Waals surface area contributed by atoms with Crippen LogP contribution in [0.5, 0.6) is 0 Å². The third-order valence-electron chi connectivity index (χ3n) is 2.68. The second-order valence-corrected chi connectivity index (χ2v) is 3.95. The minimum Gasteiger partial charge on any atom is -0.373 e. The van der Waals surface area contributed by atoms with Crippen LogP contribution in [-0.2, 0) is 0 Å². The maximum Gasteiger partial charge on any atom is 0.257 e. The van der Waals surface area contributed by atoms with Gasteiger partial charge in [-0.3, -0.25) is 4.79 Å². The smallest absolute Gasteiger partial charge is 0.257 e. The van der Waals surface area contributed by atoms with Gasteiger partial charge in [-0.15, -0.1) is 0 Å². The monoisotopic (exact) mass is 241 g/mol. The van der Waals surface area contributed by atoms with Gasteiger partial charge in [-0.25, -0.2) is 4.98 Å². The molecule has 1 amide bonds. The van der Waals surface area contributed by atoms with Crippen LogP contribution in [0.15, 0.2) is 42.6 Å². The van der Waals surface area contributed by atoms with Crippen molar-refractivity contribution in [3.8, 4) is 0 Å². The number of para-hydroxylation sites is 1. The standard InChI is InChI=1S/C14H15N3O/c1-10-5-3-4-6-12(10)17-14(18)11-7-8-13(15-2)16-9-11/h3-9H,1-2H3,(H,15,16)(H,17,18). The summed E-state index contributed by atoms with van der Waals surface area (Å²) in [6.07, 6.45) is 1.56. The first-order chi connectivity index (χ1) is 8.70. The second kappa shape index (κ2) is 5.31. The summed E-state index contributed by atoms with van der Waals surface area (Å²) >= 11 is 0. The van der Waals surface area contributed by atoms with Gasteiger partial charge in [0, 0.05) is 18.9 Å². The first-order valence-corrected chi connectivity index (χ1v) is 5.71. The van der Waals surface area contributed by atoms with Crippen molar-refractivity contribution in [1.29, 1.82) is 0 Å².